The number of hydrogen-bond donors (Lipinski definition) is 1. The van der Waals surface area contributed by atoms with Crippen LogP contribution in [-0.4, -0.2) is 53.6 Å². The van der Waals surface area contributed by atoms with Gasteiger partial charge in [-0.1, -0.05) is 6.07 Å². The average Bonchev–Trinajstić information content (AvgIpc) is 2.82. The van der Waals surface area contributed by atoms with Crippen molar-refractivity contribution in [3.63, 3.8) is 0 Å². The zero-order valence-corrected chi connectivity index (χ0v) is 18.8. The number of carbonyl (C=O) groups is 1. The largest absolute Gasteiger partial charge is 0.497 e. The highest BCUT2D eigenvalue weighted by Gasteiger charge is 2.24. The van der Waals surface area contributed by atoms with E-state index >= 15 is 0 Å². The van der Waals surface area contributed by atoms with Crippen LogP contribution in [0.15, 0.2) is 41.3 Å². The summed E-state index contributed by atoms with van der Waals surface area (Å²) in [6, 6.07) is 9.48. The molecule has 0 unspecified atom stereocenters. The molecule has 8 nitrogen and oxygen atoms in total. The van der Waals surface area contributed by atoms with Crippen molar-refractivity contribution in [2.75, 3.05) is 34.4 Å². The van der Waals surface area contributed by atoms with E-state index in [9.17, 15) is 13.2 Å². The van der Waals surface area contributed by atoms with Crippen molar-refractivity contribution >= 4 is 15.9 Å². The second-order valence-electron chi connectivity index (χ2n) is 7.22. The Bertz CT molecular complexity index is 1030. The molecule has 1 N–H and O–H groups in total. The summed E-state index contributed by atoms with van der Waals surface area (Å²) in [5.41, 5.74) is 0.902. The van der Waals surface area contributed by atoms with E-state index in [1.165, 1.54) is 32.4 Å². The van der Waals surface area contributed by atoms with E-state index in [0.29, 0.717) is 35.9 Å². The fourth-order valence-corrected chi connectivity index (χ4v) is 4.58. The molecule has 3 rings (SSSR count). The monoisotopic (exact) mass is 448 g/mol. The number of likely N-dealkylation sites (tertiary alicyclic amines) is 1. The molecule has 1 fully saturated rings. The Balaban J connectivity index is 1.83. The first kappa shape index (κ1) is 22.9. The van der Waals surface area contributed by atoms with Crippen LogP contribution >= 0.6 is 0 Å². The lowest BCUT2D eigenvalue weighted by Crippen LogP contribution is -2.36. The Morgan fingerprint density at radius 2 is 1.65 bits per heavy atom. The maximum absolute atomic E-state index is 13.0. The van der Waals surface area contributed by atoms with Gasteiger partial charge in [-0.2, -0.15) is 0 Å². The molecule has 0 aliphatic carbocycles. The molecule has 1 aliphatic heterocycles. The van der Waals surface area contributed by atoms with Crippen LogP contribution in [0, 0.1) is 0 Å². The van der Waals surface area contributed by atoms with E-state index in [-0.39, 0.29) is 22.9 Å². The summed E-state index contributed by atoms with van der Waals surface area (Å²) in [5, 5.41) is 0. The number of hydrogen-bond acceptors (Lipinski definition) is 6. The van der Waals surface area contributed by atoms with E-state index in [1.54, 1.807) is 30.2 Å². The SMILES string of the molecule is COc1ccc(CNS(=O)(=O)c2ccc(OC)c(C(=O)N3CCCCC3)c2)c(OC)c1. The van der Waals surface area contributed by atoms with Gasteiger partial charge in [0, 0.05) is 31.3 Å². The van der Waals surface area contributed by atoms with Gasteiger partial charge in [-0.3, -0.25) is 4.79 Å². The van der Waals surface area contributed by atoms with E-state index in [2.05, 4.69) is 4.72 Å². The van der Waals surface area contributed by atoms with Crippen LogP contribution in [-0.2, 0) is 16.6 Å². The third-order valence-electron chi connectivity index (χ3n) is 5.30. The minimum atomic E-state index is -3.87. The second kappa shape index (κ2) is 10.0. The Labute approximate surface area is 183 Å². The van der Waals surface area contributed by atoms with Crippen LogP contribution in [0.25, 0.3) is 0 Å². The van der Waals surface area contributed by atoms with Gasteiger partial charge in [0.1, 0.15) is 17.2 Å². The maximum Gasteiger partial charge on any atom is 0.257 e. The van der Waals surface area contributed by atoms with Crippen molar-refractivity contribution < 1.29 is 27.4 Å². The Morgan fingerprint density at radius 1 is 0.935 bits per heavy atom. The van der Waals surface area contributed by atoms with Crippen LogP contribution in [0.4, 0.5) is 0 Å². The van der Waals surface area contributed by atoms with Crippen LogP contribution in [0.1, 0.15) is 35.2 Å². The molecule has 2 aromatic carbocycles. The normalized spacial score (nSPS) is 14.2. The summed E-state index contributed by atoms with van der Waals surface area (Å²) in [5.74, 6) is 1.26. The molecular weight excluding hydrogens is 420 g/mol. The van der Waals surface area contributed by atoms with Gasteiger partial charge in [0.2, 0.25) is 10.0 Å². The lowest BCUT2D eigenvalue weighted by atomic mass is 10.1. The van der Waals surface area contributed by atoms with Gasteiger partial charge in [0.15, 0.2) is 0 Å². The molecule has 0 bridgehead atoms. The molecule has 0 radical (unpaired) electrons. The minimum absolute atomic E-state index is 0.00105. The molecule has 2 aromatic rings. The van der Waals surface area contributed by atoms with Crippen molar-refractivity contribution in [2.45, 2.75) is 30.7 Å². The summed E-state index contributed by atoms with van der Waals surface area (Å²) in [4.78, 5) is 14.7. The van der Waals surface area contributed by atoms with Gasteiger partial charge < -0.3 is 19.1 Å². The number of benzene rings is 2. The molecule has 1 saturated heterocycles. The third-order valence-corrected chi connectivity index (χ3v) is 6.70. The van der Waals surface area contributed by atoms with E-state index in [4.69, 9.17) is 14.2 Å². The Kier molecular flexibility index (Phi) is 7.40. The first-order chi connectivity index (χ1) is 14.9. The van der Waals surface area contributed by atoms with Crippen molar-refractivity contribution in [1.82, 2.24) is 9.62 Å². The number of methoxy groups -OCH3 is 3. The summed E-state index contributed by atoms with van der Waals surface area (Å²) in [6.45, 7) is 1.35. The number of amides is 1. The standard InChI is InChI=1S/C22H28N2O6S/c1-28-17-8-7-16(21(13-17)30-3)15-23-31(26,27)18-9-10-20(29-2)19(14-18)22(25)24-11-5-4-6-12-24/h7-10,13-14,23H,4-6,11-12,15H2,1-3H3. The summed E-state index contributed by atoms with van der Waals surface area (Å²) >= 11 is 0. The molecule has 0 atom stereocenters. The van der Waals surface area contributed by atoms with Gasteiger partial charge in [-0.15, -0.1) is 0 Å². The molecule has 0 saturated carbocycles. The predicted molar refractivity (Wildman–Crippen MR) is 116 cm³/mol. The van der Waals surface area contributed by atoms with Gasteiger partial charge in [-0.25, -0.2) is 13.1 Å². The molecule has 168 valence electrons. The number of rotatable bonds is 8. The molecule has 0 spiro atoms. The number of carbonyl (C=O) groups excluding carboxylic acids is 1. The van der Waals surface area contributed by atoms with E-state index in [0.717, 1.165) is 19.3 Å². The van der Waals surface area contributed by atoms with Crippen LogP contribution in [0.3, 0.4) is 0 Å². The topological polar surface area (TPSA) is 94.2 Å². The van der Waals surface area contributed by atoms with Crippen molar-refractivity contribution in [2.24, 2.45) is 0 Å². The Morgan fingerprint density at radius 3 is 2.29 bits per heavy atom. The predicted octanol–water partition coefficient (Wildman–Crippen LogP) is 2.82. The van der Waals surface area contributed by atoms with Gasteiger partial charge in [0.05, 0.1) is 31.8 Å². The second-order valence-corrected chi connectivity index (χ2v) is 8.98. The van der Waals surface area contributed by atoms with E-state index in [1.807, 2.05) is 0 Å². The lowest BCUT2D eigenvalue weighted by molar-refractivity contribution is 0.0720. The highest BCUT2D eigenvalue weighted by Crippen LogP contribution is 2.27. The maximum atomic E-state index is 13.0. The lowest BCUT2D eigenvalue weighted by Gasteiger charge is -2.27. The van der Waals surface area contributed by atoms with Gasteiger partial charge in [0.25, 0.3) is 5.91 Å². The van der Waals surface area contributed by atoms with E-state index < -0.39 is 10.0 Å². The average molecular weight is 449 g/mol. The number of nitrogens with one attached hydrogen (secondary N) is 1. The molecule has 1 aliphatic rings. The molecule has 9 heteroatoms. The molecule has 0 aromatic heterocycles. The summed E-state index contributed by atoms with van der Waals surface area (Å²) < 4.78 is 44.3. The number of nitrogens with zero attached hydrogens (tertiary/aromatic N) is 1. The highest BCUT2D eigenvalue weighted by atomic mass is 32.2. The van der Waals surface area contributed by atoms with Crippen LogP contribution < -0.4 is 18.9 Å². The number of ether oxygens (including phenoxy) is 3. The van der Waals surface area contributed by atoms with Gasteiger partial charge in [-0.05, 0) is 43.5 Å². The van der Waals surface area contributed by atoms with Crippen LogP contribution in [0.2, 0.25) is 0 Å². The molecular formula is C22H28N2O6S. The third kappa shape index (κ3) is 5.29. The summed E-state index contributed by atoms with van der Waals surface area (Å²) in [7, 11) is 0.643. The highest BCUT2D eigenvalue weighted by molar-refractivity contribution is 7.89. The number of piperidine rings is 1. The fraction of sp³-hybridized carbons (Fsp3) is 0.409. The summed E-state index contributed by atoms with van der Waals surface area (Å²) in [6.07, 6.45) is 2.97. The van der Waals surface area contributed by atoms with Crippen molar-refractivity contribution in [1.29, 1.82) is 0 Å². The zero-order chi connectivity index (χ0) is 22.4. The quantitative estimate of drug-likeness (QED) is 0.667. The number of sulfonamides is 1. The van der Waals surface area contributed by atoms with Gasteiger partial charge >= 0.3 is 0 Å². The molecule has 1 heterocycles. The first-order valence-corrected chi connectivity index (χ1v) is 11.6. The molecule has 31 heavy (non-hydrogen) atoms. The van der Waals surface area contributed by atoms with Crippen molar-refractivity contribution in [3.8, 4) is 17.2 Å². The Hall–Kier alpha value is -2.78. The fourth-order valence-electron chi connectivity index (χ4n) is 3.54. The van der Waals surface area contributed by atoms with Crippen LogP contribution in [0.5, 0.6) is 17.2 Å². The molecule has 1 amide bonds. The first-order valence-electron chi connectivity index (χ1n) is 10.1. The smallest absolute Gasteiger partial charge is 0.257 e. The van der Waals surface area contributed by atoms with Crippen molar-refractivity contribution in [3.05, 3.63) is 47.5 Å². The minimum Gasteiger partial charge on any atom is -0.497 e. The zero-order valence-electron chi connectivity index (χ0n) is 18.0.